The molecule has 0 radical (unpaired) electrons. The minimum absolute atomic E-state index is 0.0511. The average molecular weight is 218 g/mol. The number of nitrogens with zero attached hydrogens (tertiary/aromatic N) is 2. The molecule has 4 nitrogen and oxygen atoms in total. The summed E-state index contributed by atoms with van der Waals surface area (Å²) in [4.78, 5) is 0. The van der Waals surface area contributed by atoms with Crippen molar-refractivity contribution in [1.82, 2.24) is 9.78 Å². The predicted molar refractivity (Wildman–Crippen MR) is 60.8 cm³/mol. The second-order valence-corrected chi connectivity index (χ2v) is 3.56. The molecule has 0 aliphatic heterocycles. The van der Waals surface area contributed by atoms with Crippen LogP contribution in [0, 0.1) is 6.92 Å². The largest absolute Gasteiger partial charge is 0.481 e. The van der Waals surface area contributed by atoms with Crippen LogP contribution in [-0.2, 0) is 6.61 Å². The highest BCUT2D eigenvalue weighted by molar-refractivity contribution is 5.37. The molecule has 0 unspecified atom stereocenters. The van der Waals surface area contributed by atoms with Gasteiger partial charge in [-0.25, -0.2) is 4.68 Å². The summed E-state index contributed by atoms with van der Waals surface area (Å²) in [7, 11) is 1.62. The van der Waals surface area contributed by atoms with Crippen molar-refractivity contribution in [2.24, 2.45) is 0 Å². The van der Waals surface area contributed by atoms with Gasteiger partial charge >= 0.3 is 0 Å². The molecule has 0 spiro atoms. The van der Waals surface area contributed by atoms with Crippen molar-refractivity contribution in [2.75, 3.05) is 7.11 Å². The van der Waals surface area contributed by atoms with Crippen molar-refractivity contribution in [3.63, 3.8) is 0 Å². The molecule has 2 aromatic rings. The van der Waals surface area contributed by atoms with Gasteiger partial charge in [0.25, 0.3) is 0 Å². The topological polar surface area (TPSA) is 47.3 Å². The Hall–Kier alpha value is -1.81. The SMILES string of the molecule is COc1cc(C)nn1-c1ccc(CO)cc1. The highest BCUT2D eigenvalue weighted by Crippen LogP contribution is 2.19. The molecule has 2 rings (SSSR count). The van der Waals surface area contributed by atoms with Crippen LogP contribution in [0.1, 0.15) is 11.3 Å². The molecule has 1 heterocycles. The van der Waals surface area contributed by atoms with Gasteiger partial charge in [-0.2, -0.15) is 5.10 Å². The summed E-state index contributed by atoms with van der Waals surface area (Å²) < 4.78 is 6.96. The molecule has 0 atom stereocenters. The Kier molecular flexibility index (Phi) is 2.92. The van der Waals surface area contributed by atoms with Gasteiger partial charge in [0.2, 0.25) is 5.88 Å². The third kappa shape index (κ3) is 1.92. The highest BCUT2D eigenvalue weighted by Gasteiger charge is 2.07. The van der Waals surface area contributed by atoms with Crippen LogP contribution in [0.4, 0.5) is 0 Å². The van der Waals surface area contributed by atoms with Crippen LogP contribution in [0.25, 0.3) is 5.69 Å². The maximum absolute atomic E-state index is 8.96. The van der Waals surface area contributed by atoms with Crippen LogP contribution in [0.2, 0.25) is 0 Å². The number of aliphatic hydroxyl groups excluding tert-OH is 1. The van der Waals surface area contributed by atoms with Crippen molar-refractivity contribution in [3.8, 4) is 11.6 Å². The summed E-state index contributed by atoms with van der Waals surface area (Å²) in [6.07, 6.45) is 0. The van der Waals surface area contributed by atoms with E-state index in [-0.39, 0.29) is 6.61 Å². The van der Waals surface area contributed by atoms with E-state index < -0.39 is 0 Å². The summed E-state index contributed by atoms with van der Waals surface area (Å²) >= 11 is 0. The van der Waals surface area contributed by atoms with Crippen molar-refractivity contribution in [1.29, 1.82) is 0 Å². The number of ether oxygens (including phenoxy) is 1. The van der Waals surface area contributed by atoms with Gasteiger partial charge in [-0.15, -0.1) is 0 Å². The Morgan fingerprint density at radius 3 is 2.56 bits per heavy atom. The normalized spacial score (nSPS) is 10.4. The molecule has 0 amide bonds. The quantitative estimate of drug-likeness (QED) is 0.852. The monoisotopic (exact) mass is 218 g/mol. The maximum Gasteiger partial charge on any atom is 0.216 e. The second-order valence-electron chi connectivity index (χ2n) is 3.56. The molecule has 16 heavy (non-hydrogen) atoms. The minimum Gasteiger partial charge on any atom is -0.481 e. The van der Waals surface area contributed by atoms with Gasteiger partial charge < -0.3 is 9.84 Å². The lowest BCUT2D eigenvalue weighted by molar-refractivity contribution is 0.282. The molecule has 0 saturated carbocycles. The molecule has 1 aromatic carbocycles. The zero-order valence-electron chi connectivity index (χ0n) is 9.34. The first-order chi connectivity index (χ1) is 7.74. The predicted octanol–water partition coefficient (Wildman–Crippen LogP) is 1.68. The molecule has 0 saturated heterocycles. The van der Waals surface area contributed by atoms with E-state index in [1.165, 1.54) is 0 Å². The van der Waals surface area contributed by atoms with Gasteiger partial charge in [-0.3, -0.25) is 0 Å². The first-order valence-electron chi connectivity index (χ1n) is 5.05. The van der Waals surface area contributed by atoms with E-state index in [9.17, 15) is 0 Å². The van der Waals surface area contributed by atoms with Gasteiger partial charge in [-0.1, -0.05) is 12.1 Å². The van der Waals surface area contributed by atoms with E-state index in [0.717, 1.165) is 16.9 Å². The molecule has 0 aliphatic carbocycles. The van der Waals surface area contributed by atoms with Crippen LogP contribution in [0.5, 0.6) is 5.88 Å². The Labute approximate surface area is 94.1 Å². The summed E-state index contributed by atoms with van der Waals surface area (Å²) in [5, 5.41) is 13.3. The molecular formula is C12H14N2O2. The van der Waals surface area contributed by atoms with Gasteiger partial charge in [0, 0.05) is 6.07 Å². The Morgan fingerprint density at radius 2 is 2.00 bits per heavy atom. The number of hydrogen-bond acceptors (Lipinski definition) is 3. The summed E-state index contributed by atoms with van der Waals surface area (Å²) in [6.45, 7) is 1.97. The maximum atomic E-state index is 8.96. The highest BCUT2D eigenvalue weighted by atomic mass is 16.5. The number of methoxy groups -OCH3 is 1. The summed E-state index contributed by atoms with van der Waals surface area (Å²) in [6, 6.07) is 9.42. The summed E-state index contributed by atoms with van der Waals surface area (Å²) in [5.74, 6) is 0.703. The second kappa shape index (κ2) is 4.37. The number of hydrogen-bond donors (Lipinski definition) is 1. The molecule has 4 heteroatoms. The van der Waals surface area contributed by atoms with E-state index in [4.69, 9.17) is 9.84 Å². The first-order valence-corrected chi connectivity index (χ1v) is 5.05. The Bertz CT molecular complexity index is 474. The number of aliphatic hydroxyl groups is 1. The van der Waals surface area contributed by atoms with Gasteiger partial charge in [0.15, 0.2) is 0 Å². The van der Waals surface area contributed by atoms with Crippen LogP contribution in [0.3, 0.4) is 0 Å². The number of aromatic nitrogens is 2. The van der Waals surface area contributed by atoms with Crippen LogP contribution < -0.4 is 4.74 Å². The molecular weight excluding hydrogens is 204 g/mol. The lowest BCUT2D eigenvalue weighted by atomic mass is 10.2. The number of rotatable bonds is 3. The third-order valence-electron chi connectivity index (χ3n) is 2.37. The van der Waals surface area contributed by atoms with Crippen molar-refractivity contribution in [3.05, 3.63) is 41.6 Å². The third-order valence-corrected chi connectivity index (χ3v) is 2.37. The lowest BCUT2D eigenvalue weighted by Crippen LogP contribution is -2.00. The first kappa shape index (κ1) is 10.7. The summed E-state index contributed by atoms with van der Waals surface area (Å²) in [5.41, 5.74) is 2.71. The smallest absolute Gasteiger partial charge is 0.216 e. The fourth-order valence-corrected chi connectivity index (χ4v) is 1.55. The standard InChI is InChI=1S/C12H14N2O2/c1-9-7-12(16-2)14(13-9)11-5-3-10(8-15)4-6-11/h3-7,15H,8H2,1-2H3. The van der Waals surface area contributed by atoms with E-state index in [2.05, 4.69) is 5.10 Å². The van der Waals surface area contributed by atoms with Gasteiger partial charge in [0.05, 0.1) is 25.1 Å². The van der Waals surface area contributed by atoms with Crippen molar-refractivity contribution < 1.29 is 9.84 Å². The van der Waals surface area contributed by atoms with E-state index in [1.807, 2.05) is 37.3 Å². The molecule has 0 aliphatic rings. The molecule has 84 valence electrons. The van der Waals surface area contributed by atoms with Gasteiger partial charge in [0.1, 0.15) is 0 Å². The van der Waals surface area contributed by atoms with Crippen LogP contribution >= 0.6 is 0 Å². The Morgan fingerprint density at radius 1 is 1.31 bits per heavy atom. The zero-order chi connectivity index (χ0) is 11.5. The zero-order valence-corrected chi connectivity index (χ0v) is 9.34. The van der Waals surface area contributed by atoms with Gasteiger partial charge in [-0.05, 0) is 24.6 Å². The van der Waals surface area contributed by atoms with Crippen molar-refractivity contribution in [2.45, 2.75) is 13.5 Å². The average Bonchev–Trinajstić information content (AvgIpc) is 2.70. The molecule has 0 bridgehead atoms. The number of benzene rings is 1. The lowest BCUT2D eigenvalue weighted by Gasteiger charge is -2.06. The van der Waals surface area contributed by atoms with E-state index >= 15 is 0 Å². The molecule has 0 fully saturated rings. The number of aryl methyl sites for hydroxylation is 1. The fourth-order valence-electron chi connectivity index (χ4n) is 1.55. The van der Waals surface area contributed by atoms with Crippen molar-refractivity contribution >= 4 is 0 Å². The molecule has 1 N–H and O–H groups in total. The Balaban J connectivity index is 2.41. The van der Waals surface area contributed by atoms with Crippen LogP contribution in [-0.4, -0.2) is 22.0 Å². The van der Waals surface area contributed by atoms with E-state index in [0.29, 0.717) is 5.88 Å². The minimum atomic E-state index is 0.0511. The molecule has 1 aromatic heterocycles. The van der Waals surface area contributed by atoms with E-state index in [1.54, 1.807) is 11.8 Å². The van der Waals surface area contributed by atoms with Crippen LogP contribution in [0.15, 0.2) is 30.3 Å². The fraction of sp³-hybridized carbons (Fsp3) is 0.250.